The average Bonchev–Trinajstić information content (AvgIpc) is 2.55. The van der Waals surface area contributed by atoms with Crippen molar-refractivity contribution in [2.24, 2.45) is 0 Å². The van der Waals surface area contributed by atoms with Crippen LogP contribution < -0.4 is 15.5 Å². The largest absolute Gasteiger partial charge is 0.342 e. The molecule has 0 saturated carbocycles. The van der Waals surface area contributed by atoms with Crippen molar-refractivity contribution in [3.63, 3.8) is 0 Å². The Labute approximate surface area is 150 Å². The summed E-state index contributed by atoms with van der Waals surface area (Å²) in [4.78, 5) is 24.7. The number of rotatable bonds is 7. The molecule has 0 heterocycles. The van der Waals surface area contributed by atoms with Crippen LogP contribution in [-0.4, -0.2) is 32.0 Å². The van der Waals surface area contributed by atoms with Gasteiger partial charge in [0.2, 0.25) is 5.91 Å². The molecule has 0 spiro atoms. The normalized spacial score (nSPS) is 11.6. The van der Waals surface area contributed by atoms with Gasteiger partial charge in [0.25, 0.3) is 5.91 Å². The number of hydrogen-bond donors (Lipinski definition) is 3. The van der Waals surface area contributed by atoms with Gasteiger partial charge in [-0.05, 0) is 36.4 Å². The molecule has 0 saturated heterocycles. The number of benzene rings is 2. The molecule has 0 aliphatic heterocycles. The first-order chi connectivity index (χ1) is 11.9. The van der Waals surface area contributed by atoms with E-state index in [1.165, 1.54) is 24.3 Å². The van der Waals surface area contributed by atoms with E-state index in [9.17, 15) is 14.0 Å². The second-order valence-electron chi connectivity index (χ2n) is 5.77. The number of hydrogen-bond acceptors (Lipinski definition) is 2. The second-order valence-corrected chi connectivity index (χ2v) is 6.21. The van der Waals surface area contributed by atoms with Gasteiger partial charge < -0.3 is 15.5 Å². The number of halogens is 2. The van der Waals surface area contributed by atoms with Gasteiger partial charge in [0.1, 0.15) is 12.4 Å². The first-order valence-corrected chi connectivity index (χ1v) is 8.18. The zero-order valence-corrected chi connectivity index (χ0v) is 14.6. The van der Waals surface area contributed by atoms with E-state index in [0.717, 1.165) is 10.5 Å². The number of likely N-dealkylation sites (N-methyl/N-ethyl adjacent to an activating group) is 1. The molecule has 2 aromatic carbocycles. The molecule has 2 aromatic rings. The van der Waals surface area contributed by atoms with Gasteiger partial charge >= 0.3 is 0 Å². The van der Waals surface area contributed by atoms with Crippen LogP contribution >= 0.6 is 11.6 Å². The third kappa shape index (κ3) is 6.91. The third-order valence-corrected chi connectivity index (χ3v) is 3.67. The topological polar surface area (TPSA) is 62.6 Å². The Balaban J connectivity index is 1.72. The number of carbonyl (C=O) groups excluding carboxylic acids is 2. The second kappa shape index (κ2) is 9.15. The van der Waals surface area contributed by atoms with E-state index in [1.54, 1.807) is 6.07 Å². The van der Waals surface area contributed by atoms with E-state index in [1.807, 2.05) is 25.2 Å². The van der Waals surface area contributed by atoms with E-state index in [-0.39, 0.29) is 30.7 Å². The van der Waals surface area contributed by atoms with Gasteiger partial charge in [-0.2, -0.15) is 0 Å². The first kappa shape index (κ1) is 18.9. The van der Waals surface area contributed by atoms with Crippen molar-refractivity contribution in [2.75, 3.05) is 25.5 Å². The minimum Gasteiger partial charge on any atom is -0.342 e. The number of nitrogens with one attached hydrogen (secondary N) is 3. The fraction of sp³-hybridized carbons (Fsp3) is 0.222. The highest BCUT2D eigenvalue weighted by molar-refractivity contribution is 6.30. The molecule has 25 heavy (non-hydrogen) atoms. The lowest BCUT2D eigenvalue weighted by molar-refractivity contribution is -0.885. The molecule has 2 rings (SSSR count). The maximum absolute atomic E-state index is 12.8. The Morgan fingerprint density at radius 1 is 1.12 bits per heavy atom. The van der Waals surface area contributed by atoms with Crippen molar-refractivity contribution < 1.29 is 18.9 Å². The number of amides is 2. The fourth-order valence-electron chi connectivity index (χ4n) is 2.31. The van der Waals surface area contributed by atoms with Crippen LogP contribution in [0.1, 0.15) is 5.56 Å². The van der Waals surface area contributed by atoms with E-state index in [4.69, 9.17) is 11.6 Å². The summed E-state index contributed by atoms with van der Waals surface area (Å²) < 4.78 is 12.8. The highest BCUT2D eigenvalue weighted by atomic mass is 35.5. The van der Waals surface area contributed by atoms with E-state index in [2.05, 4.69) is 10.6 Å². The predicted octanol–water partition coefficient (Wildman–Crippen LogP) is 1.25. The van der Waals surface area contributed by atoms with Crippen molar-refractivity contribution in [2.45, 2.75) is 6.54 Å². The summed E-state index contributed by atoms with van der Waals surface area (Å²) in [7, 11) is 1.89. The molecule has 0 bridgehead atoms. The Morgan fingerprint density at radius 2 is 1.84 bits per heavy atom. The zero-order chi connectivity index (χ0) is 18.2. The molecular formula is C18H20ClFN3O2+. The summed E-state index contributed by atoms with van der Waals surface area (Å²) in [6, 6.07) is 12.9. The van der Waals surface area contributed by atoms with Crippen LogP contribution in [0.15, 0.2) is 48.5 Å². The van der Waals surface area contributed by atoms with Crippen molar-refractivity contribution in [3.05, 3.63) is 64.9 Å². The van der Waals surface area contributed by atoms with Gasteiger partial charge in [0.05, 0.1) is 13.6 Å². The molecule has 0 fully saturated rings. The van der Waals surface area contributed by atoms with Crippen molar-refractivity contribution in [1.29, 1.82) is 0 Å². The third-order valence-electron chi connectivity index (χ3n) is 3.43. The van der Waals surface area contributed by atoms with Gasteiger partial charge in [-0.15, -0.1) is 0 Å². The highest BCUT2D eigenvalue weighted by Gasteiger charge is 2.12. The van der Waals surface area contributed by atoms with Gasteiger partial charge in [-0.3, -0.25) is 9.59 Å². The van der Waals surface area contributed by atoms with E-state index < -0.39 is 0 Å². The molecule has 7 heteroatoms. The Morgan fingerprint density at radius 3 is 2.52 bits per heavy atom. The molecule has 0 radical (unpaired) electrons. The summed E-state index contributed by atoms with van der Waals surface area (Å²) in [5.74, 6) is -0.974. The molecule has 1 unspecified atom stereocenters. The fourth-order valence-corrected chi connectivity index (χ4v) is 2.52. The Hall–Kier alpha value is -2.44. The van der Waals surface area contributed by atoms with Crippen LogP contribution in [0.2, 0.25) is 5.02 Å². The highest BCUT2D eigenvalue weighted by Crippen LogP contribution is 2.09. The van der Waals surface area contributed by atoms with Crippen LogP contribution in [0, 0.1) is 5.82 Å². The molecule has 0 aliphatic rings. The Kier molecular flexibility index (Phi) is 6.91. The molecule has 3 N–H and O–H groups in total. The number of quaternary nitrogens is 1. The average molecular weight is 365 g/mol. The summed E-state index contributed by atoms with van der Waals surface area (Å²) in [5.41, 5.74) is 1.51. The lowest BCUT2D eigenvalue weighted by Crippen LogP contribution is -3.08. The van der Waals surface area contributed by atoms with Crippen LogP contribution in [0.3, 0.4) is 0 Å². The monoisotopic (exact) mass is 364 g/mol. The summed E-state index contributed by atoms with van der Waals surface area (Å²) >= 11 is 5.94. The van der Waals surface area contributed by atoms with Gasteiger partial charge in [-0.25, -0.2) is 4.39 Å². The molecule has 0 aliphatic carbocycles. The van der Waals surface area contributed by atoms with Crippen LogP contribution in [0.5, 0.6) is 0 Å². The van der Waals surface area contributed by atoms with Crippen LogP contribution in [0.25, 0.3) is 0 Å². The molecule has 132 valence electrons. The van der Waals surface area contributed by atoms with Gasteiger partial charge in [-0.1, -0.05) is 23.7 Å². The molecular weight excluding hydrogens is 345 g/mol. The standard InChI is InChI=1S/C18H19ClFN3O2/c1-23(11-13-3-2-4-14(19)9-13)12-18(25)21-10-17(24)22-16-7-5-15(20)6-8-16/h2-9H,10-12H2,1H3,(H,21,25)(H,22,24)/p+1. The van der Waals surface area contributed by atoms with E-state index in [0.29, 0.717) is 17.3 Å². The summed E-state index contributed by atoms with van der Waals surface area (Å²) in [6.45, 7) is 0.743. The van der Waals surface area contributed by atoms with Crippen molar-refractivity contribution >= 4 is 29.1 Å². The minimum atomic E-state index is -0.378. The van der Waals surface area contributed by atoms with Crippen molar-refractivity contribution in [3.8, 4) is 0 Å². The minimum absolute atomic E-state index is 0.138. The lowest BCUT2D eigenvalue weighted by atomic mass is 10.2. The number of anilines is 1. The molecule has 5 nitrogen and oxygen atoms in total. The Bertz CT molecular complexity index is 737. The zero-order valence-electron chi connectivity index (χ0n) is 13.8. The van der Waals surface area contributed by atoms with Crippen LogP contribution in [-0.2, 0) is 16.1 Å². The van der Waals surface area contributed by atoms with Crippen LogP contribution in [0.4, 0.5) is 10.1 Å². The first-order valence-electron chi connectivity index (χ1n) is 7.80. The summed E-state index contributed by atoms with van der Waals surface area (Å²) in [5, 5.41) is 5.81. The van der Waals surface area contributed by atoms with Gasteiger partial charge in [0, 0.05) is 16.3 Å². The smallest absolute Gasteiger partial charge is 0.275 e. The molecule has 2 amide bonds. The quantitative estimate of drug-likeness (QED) is 0.692. The van der Waals surface area contributed by atoms with Crippen molar-refractivity contribution in [1.82, 2.24) is 5.32 Å². The molecule has 1 atom stereocenters. The predicted molar refractivity (Wildman–Crippen MR) is 94.9 cm³/mol. The maximum atomic E-state index is 12.8. The lowest BCUT2D eigenvalue weighted by Gasteiger charge is -2.14. The van der Waals surface area contributed by atoms with E-state index >= 15 is 0 Å². The number of carbonyl (C=O) groups is 2. The maximum Gasteiger partial charge on any atom is 0.275 e. The van der Waals surface area contributed by atoms with Gasteiger partial charge in [0.15, 0.2) is 6.54 Å². The summed E-state index contributed by atoms with van der Waals surface area (Å²) in [6.07, 6.45) is 0. The SMILES string of the molecule is C[NH+](CC(=O)NCC(=O)Nc1ccc(F)cc1)Cc1cccc(Cl)c1. The molecule has 0 aromatic heterocycles.